The molecule has 0 heterocycles. The number of nitrogens with one attached hydrogen (secondary N) is 1. The van der Waals surface area contributed by atoms with Gasteiger partial charge in [0.1, 0.15) is 5.41 Å². The summed E-state index contributed by atoms with van der Waals surface area (Å²) in [6.45, 7) is 5.50. The molecule has 15 heavy (non-hydrogen) atoms. The average Bonchev–Trinajstić information content (AvgIpc) is 2.21. The van der Waals surface area contributed by atoms with Crippen LogP contribution < -0.4 is 5.32 Å². The van der Waals surface area contributed by atoms with Crippen LogP contribution in [-0.2, 0) is 4.79 Å². The van der Waals surface area contributed by atoms with Crippen molar-refractivity contribution in [3.05, 3.63) is 0 Å². The normalized spacial score (nSPS) is 26.8. The van der Waals surface area contributed by atoms with E-state index in [1.807, 2.05) is 6.07 Å². The van der Waals surface area contributed by atoms with E-state index in [0.29, 0.717) is 5.92 Å². The minimum Gasteiger partial charge on any atom is -0.352 e. The van der Waals surface area contributed by atoms with Gasteiger partial charge in [0.25, 0.3) is 0 Å². The number of nitrogens with zero attached hydrogens (tertiary/aromatic N) is 1. The first-order valence-corrected chi connectivity index (χ1v) is 5.69. The van der Waals surface area contributed by atoms with Gasteiger partial charge in [0, 0.05) is 6.04 Å². The highest BCUT2D eigenvalue weighted by atomic mass is 16.2. The number of nitriles is 1. The Morgan fingerprint density at radius 2 is 2.00 bits per heavy atom. The van der Waals surface area contributed by atoms with Gasteiger partial charge in [-0.25, -0.2) is 0 Å². The van der Waals surface area contributed by atoms with E-state index in [-0.39, 0.29) is 11.9 Å². The smallest absolute Gasteiger partial charge is 0.240 e. The second kappa shape index (κ2) is 4.65. The molecule has 0 aliphatic heterocycles. The zero-order chi connectivity index (χ0) is 11.5. The summed E-state index contributed by atoms with van der Waals surface area (Å²) in [5, 5.41) is 11.8. The molecule has 0 spiro atoms. The SMILES string of the molecule is CC1CCCCC1NC(=O)C(C)(C)C#N. The molecule has 1 amide bonds. The predicted molar refractivity (Wildman–Crippen MR) is 59.0 cm³/mol. The van der Waals surface area contributed by atoms with E-state index in [9.17, 15) is 4.79 Å². The van der Waals surface area contributed by atoms with Gasteiger partial charge in [0.2, 0.25) is 5.91 Å². The Bertz CT molecular complexity index is 278. The summed E-state index contributed by atoms with van der Waals surface area (Å²) in [7, 11) is 0. The molecule has 1 rings (SSSR count). The van der Waals surface area contributed by atoms with Crippen molar-refractivity contribution in [1.29, 1.82) is 5.26 Å². The molecule has 1 aliphatic rings. The van der Waals surface area contributed by atoms with Crippen molar-refractivity contribution in [3.8, 4) is 6.07 Å². The number of hydrogen-bond donors (Lipinski definition) is 1. The largest absolute Gasteiger partial charge is 0.352 e. The van der Waals surface area contributed by atoms with E-state index in [1.165, 1.54) is 19.3 Å². The molecule has 1 N–H and O–H groups in total. The zero-order valence-corrected chi connectivity index (χ0v) is 9.84. The van der Waals surface area contributed by atoms with Crippen LogP contribution in [0.3, 0.4) is 0 Å². The van der Waals surface area contributed by atoms with Crippen molar-refractivity contribution in [2.75, 3.05) is 0 Å². The van der Waals surface area contributed by atoms with Gasteiger partial charge in [0.05, 0.1) is 6.07 Å². The number of rotatable bonds is 2. The Morgan fingerprint density at radius 1 is 1.40 bits per heavy atom. The standard InChI is InChI=1S/C12H20N2O/c1-9-6-4-5-7-10(9)14-11(15)12(2,3)8-13/h9-10H,4-7H2,1-3H3,(H,14,15). The first-order chi connectivity index (χ1) is 6.97. The molecule has 1 fully saturated rings. The summed E-state index contributed by atoms with van der Waals surface area (Å²) in [6, 6.07) is 2.30. The van der Waals surface area contributed by atoms with E-state index in [2.05, 4.69) is 12.2 Å². The van der Waals surface area contributed by atoms with Crippen LogP contribution >= 0.6 is 0 Å². The van der Waals surface area contributed by atoms with Gasteiger partial charge < -0.3 is 5.32 Å². The molecule has 0 aromatic rings. The highest BCUT2D eigenvalue weighted by Gasteiger charge is 2.31. The molecule has 84 valence electrons. The summed E-state index contributed by atoms with van der Waals surface area (Å²) in [4.78, 5) is 11.8. The predicted octanol–water partition coefficient (Wildman–Crippen LogP) is 2.23. The molecule has 1 saturated carbocycles. The fourth-order valence-corrected chi connectivity index (χ4v) is 1.93. The molecule has 0 radical (unpaired) electrons. The van der Waals surface area contributed by atoms with Crippen LogP contribution in [0.5, 0.6) is 0 Å². The molecule has 3 nitrogen and oxygen atoms in total. The highest BCUT2D eigenvalue weighted by molar-refractivity contribution is 5.84. The monoisotopic (exact) mass is 208 g/mol. The van der Waals surface area contributed by atoms with Crippen molar-refractivity contribution in [2.24, 2.45) is 11.3 Å². The van der Waals surface area contributed by atoms with Crippen molar-refractivity contribution in [3.63, 3.8) is 0 Å². The van der Waals surface area contributed by atoms with Crippen molar-refractivity contribution in [2.45, 2.75) is 52.5 Å². The topological polar surface area (TPSA) is 52.9 Å². The van der Waals surface area contributed by atoms with Crippen molar-refractivity contribution in [1.82, 2.24) is 5.32 Å². The minimum atomic E-state index is -0.906. The van der Waals surface area contributed by atoms with Crippen LogP contribution in [0.15, 0.2) is 0 Å². The van der Waals surface area contributed by atoms with Crippen LogP contribution in [0.2, 0.25) is 0 Å². The highest BCUT2D eigenvalue weighted by Crippen LogP contribution is 2.25. The Hall–Kier alpha value is -1.04. The van der Waals surface area contributed by atoms with Crippen LogP contribution in [-0.4, -0.2) is 11.9 Å². The average molecular weight is 208 g/mol. The van der Waals surface area contributed by atoms with Crippen LogP contribution in [0.1, 0.15) is 46.5 Å². The Balaban J connectivity index is 2.54. The Labute approximate surface area is 91.9 Å². The van der Waals surface area contributed by atoms with Gasteiger partial charge in [-0.1, -0.05) is 19.8 Å². The summed E-state index contributed by atoms with van der Waals surface area (Å²) in [5.41, 5.74) is -0.906. The molecule has 3 heteroatoms. The molecular formula is C12H20N2O. The first-order valence-electron chi connectivity index (χ1n) is 5.69. The van der Waals surface area contributed by atoms with Crippen LogP contribution in [0.4, 0.5) is 0 Å². The number of carbonyl (C=O) groups excluding carboxylic acids is 1. The third-order valence-electron chi connectivity index (χ3n) is 3.28. The molecule has 2 atom stereocenters. The van der Waals surface area contributed by atoms with E-state index < -0.39 is 5.41 Å². The molecule has 0 aromatic carbocycles. The van der Waals surface area contributed by atoms with E-state index in [0.717, 1.165) is 6.42 Å². The van der Waals surface area contributed by atoms with Crippen LogP contribution in [0, 0.1) is 22.7 Å². The molecular weight excluding hydrogens is 188 g/mol. The maximum absolute atomic E-state index is 11.8. The van der Waals surface area contributed by atoms with Crippen LogP contribution in [0.25, 0.3) is 0 Å². The number of hydrogen-bond acceptors (Lipinski definition) is 2. The third-order valence-corrected chi connectivity index (χ3v) is 3.28. The zero-order valence-electron chi connectivity index (χ0n) is 9.84. The maximum Gasteiger partial charge on any atom is 0.240 e. The maximum atomic E-state index is 11.8. The number of carbonyl (C=O) groups is 1. The first kappa shape index (κ1) is 12.0. The lowest BCUT2D eigenvalue weighted by Gasteiger charge is -2.31. The van der Waals surface area contributed by atoms with Gasteiger partial charge in [-0.2, -0.15) is 5.26 Å². The second-order valence-corrected chi connectivity index (χ2v) is 5.08. The summed E-state index contributed by atoms with van der Waals surface area (Å²) < 4.78 is 0. The van der Waals surface area contributed by atoms with Gasteiger partial charge >= 0.3 is 0 Å². The van der Waals surface area contributed by atoms with E-state index >= 15 is 0 Å². The molecule has 0 bridgehead atoms. The quantitative estimate of drug-likeness (QED) is 0.756. The second-order valence-electron chi connectivity index (χ2n) is 5.08. The lowest BCUT2D eigenvalue weighted by atomic mass is 9.84. The molecule has 1 aliphatic carbocycles. The summed E-state index contributed by atoms with van der Waals surface area (Å²) in [6.07, 6.45) is 4.67. The van der Waals surface area contributed by atoms with Gasteiger partial charge in [-0.3, -0.25) is 4.79 Å². The third kappa shape index (κ3) is 2.95. The minimum absolute atomic E-state index is 0.135. The Morgan fingerprint density at radius 3 is 2.53 bits per heavy atom. The van der Waals surface area contributed by atoms with E-state index in [4.69, 9.17) is 5.26 Å². The van der Waals surface area contributed by atoms with Crippen molar-refractivity contribution < 1.29 is 4.79 Å². The van der Waals surface area contributed by atoms with Gasteiger partial charge in [0.15, 0.2) is 0 Å². The summed E-state index contributed by atoms with van der Waals surface area (Å²) in [5.74, 6) is 0.404. The molecule has 0 aromatic heterocycles. The fraction of sp³-hybridized carbons (Fsp3) is 0.833. The number of amides is 1. The summed E-state index contributed by atoms with van der Waals surface area (Å²) >= 11 is 0. The molecule has 0 saturated heterocycles. The van der Waals surface area contributed by atoms with Crippen molar-refractivity contribution >= 4 is 5.91 Å². The molecule has 2 unspecified atom stereocenters. The fourth-order valence-electron chi connectivity index (χ4n) is 1.93. The lowest BCUT2D eigenvalue weighted by molar-refractivity contribution is -0.128. The van der Waals surface area contributed by atoms with Gasteiger partial charge in [-0.05, 0) is 32.6 Å². The van der Waals surface area contributed by atoms with Gasteiger partial charge in [-0.15, -0.1) is 0 Å². The Kier molecular flexibility index (Phi) is 3.73. The lowest BCUT2D eigenvalue weighted by Crippen LogP contribution is -2.46. The van der Waals surface area contributed by atoms with E-state index in [1.54, 1.807) is 13.8 Å².